The summed E-state index contributed by atoms with van der Waals surface area (Å²) in [7, 11) is 0. The van der Waals surface area contributed by atoms with Crippen molar-refractivity contribution in [1.29, 1.82) is 0 Å². The first kappa shape index (κ1) is 12.0. The van der Waals surface area contributed by atoms with Gasteiger partial charge in [0.05, 0.1) is 18.7 Å². The number of aromatic carboxylic acids is 1. The van der Waals surface area contributed by atoms with Crippen LogP contribution in [0.4, 0.5) is 5.82 Å². The van der Waals surface area contributed by atoms with Crippen molar-refractivity contribution in [2.24, 2.45) is 0 Å². The van der Waals surface area contributed by atoms with E-state index in [1.807, 2.05) is 0 Å². The molecule has 102 valence electrons. The molecule has 0 unspecified atom stereocenters. The average molecular weight is 274 g/mol. The molecule has 10 heteroatoms. The zero-order chi connectivity index (χ0) is 13.9. The van der Waals surface area contributed by atoms with Crippen molar-refractivity contribution in [2.45, 2.75) is 6.54 Å². The summed E-state index contributed by atoms with van der Waals surface area (Å²) in [5.41, 5.74) is 0.569. The van der Waals surface area contributed by atoms with Crippen LogP contribution in [-0.4, -0.2) is 52.2 Å². The summed E-state index contributed by atoms with van der Waals surface area (Å²) in [6.07, 6.45) is 6.11. The summed E-state index contributed by atoms with van der Waals surface area (Å²) in [6.45, 7) is 1.11. The smallest absolute Gasteiger partial charge is 0.356 e. The molecule has 2 N–H and O–H groups in total. The van der Waals surface area contributed by atoms with Crippen LogP contribution in [0.3, 0.4) is 0 Å². The Hall–Kier alpha value is -3.04. The second-order valence-corrected chi connectivity index (χ2v) is 3.97. The number of hydrogen-bond donors (Lipinski definition) is 2. The molecular formula is C10H10N8O2. The first-order chi connectivity index (χ1) is 9.74. The van der Waals surface area contributed by atoms with Crippen molar-refractivity contribution in [2.75, 3.05) is 11.9 Å². The highest BCUT2D eigenvalue weighted by Crippen LogP contribution is 2.05. The van der Waals surface area contributed by atoms with Crippen LogP contribution < -0.4 is 5.32 Å². The molecule has 3 aromatic heterocycles. The molecule has 0 aromatic carbocycles. The van der Waals surface area contributed by atoms with Gasteiger partial charge in [-0.05, 0) is 10.4 Å². The second-order valence-electron chi connectivity index (χ2n) is 3.97. The summed E-state index contributed by atoms with van der Waals surface area (Å²) in [5.74, 6) is -0.384. The number of aromatic nitrogens is 7. The van der Waals surface area contributed by atoms with Gasteiger partial charge in [-0.3, -0.25) is 4.98 Å². The summed E-state index contributed by atoms with van der Waals surface area (Å²) < 4.78 is 3.22. The maximum atomic E-state index is 10.7. The normalized spacial score (nSPS) is 10.8. The van der Waals surface area contributed by atoms with Crippen molar-refractivity contribution in [3.8, 4) is 0 Å². The Morgan fingerprint density at radius 1 is 1.40 bits per heavy atom. The lowest BCUT2D eigenvalue weighted by atomic mass is 10.5. The molecule has 0 bridgehead atoms. The standard InChI is InChI=1S/C10H10N8O2/c19-10(20)7-5-17(6-13-7)2-1-12-8-3-11-4-9-14-15-16-18(8)9/h3-6,12H,1-2H2,(H,19,20). The fraction of sp³-hybridized carbons (Fsp3) is 0.200. The van der Waals surface area contributed by atoms with Crippen LogP contribution in [0.15, 0.2) is 24.9 Å². The monoisotopic (exact) mass is 274 g/mol. The van der Waals surface area contributed by atoms with Crippen molar-refractivity contribution in [3.63, 3.8) is 0 Å². The first-order valence-corrected chi connectivity index (χ1v) is 5.75. The number of carbonyl (C=O) groups is 1. The number of carboxylic acid groups (broad SMARTS) is 1. The van der Waals surface area contributed by atoms with E-state index >= 15 is 0 Å². The molecule has 3 aromatic rings. The Labute approximate surface area is 112 Å². The lowest BCUT2D eigenvalue weighted by Gasteiger charge is -2.06. The number of anilines is 1. The van der Waals surface area contributed by atoms with Gasteiger partial charge in [0.1, 0.15) is 5.82 Å². The minimum Gasteiger partial charge on any atom is -0.476 e. The average Bonchev–Trinajstić information content (AvgIpc) is 3.07. The number of imidazole rings is 1. The zero-order valence-corrected chi connectivity index (χ0v) is 10.2. The summed E-state index contributed by atoms with van der Waals surface area (Å²) in [5, 5.41) is 23.1. The van der Waals surface area contributed by atoms with E-state index in [4.69, 9.17) is 5.11 Å². The van der Waals surface area contributed by atoms with E-state index in [0.29, 0.717) is 24.6 Å². The van der Waals surface area contributed by atoms with Crippen molar-refractivity contribution < 1.29 is 9.90 Å². The highest BCUT2D eigenvalue weighted by molar-refractivity contribution is 5.84. The maximum Gasteiger partial charge on any atom is 0.356 e. The molecule has 0 radical (unpaired) electrons. The Morgan fingerprint density at radius 2 is 2.30 bits per heavy atom. The third-order valence-electron chi connectivity index (χ3n) is 2.64. The van der Waals surface area contributed by atoms with Gasteiger partial charge in [0.2, 0.25) is 0 Å². The molecule has 0 spiro atoms. The van der Waals surface area contributed by atoms with E-state index in [1.54, 1.807) is 17.0 Å². The number of carboxylic acids is 1. The van der Waals surface area contributed by atoms with E-state index in [-0.39, 0.29) is 5.69 Å². The number of nitrogens with zero attached hydrogens (tertiary/aromatic N) is 7. The highest BCUT2D eigenvalue weighted by atomic mass is 16.4. The minimum absolute atomic E-state index is 0.0224. The number of nitrogens with one attached hydrogen (secondary N) is 1. The Bertz CT molecular complexity index is 748. The summed E-state index contributed by atoms with van der Waals surface area (Å²) in [6, 6.07) is 0. The van der Waals surface area contributed by atoms with E-state index in [0.717, 1.165) is 0 Å². The predicted molar refractivity (Wildman–Crippen MR) is 66.3 cm³/mol. The van der Waals surface area contributed by atoms with Crippen molar-refractivity contribution in [3.05, 3.63) is 30.6 Å². The van der Waals surface area contributed by atoms with Gasteiger partial charge in [0.15, 0.2) is 11.3 Å². The van der Waals surface area contributed by atoms with Crippen LogP contribution in [-0.2, 0) is 6.54 Å². The van der Waals surface area contributed by atoms with Crippen LogP contribution >= 0.6 is 0 Å². The minimum atomic E-state index is -1.04. The molecule has 10 nitrogen and oxygen atoms in total. The highest BCUT2D eigenvalue weighted by Gasteiger charge is 2.06. The Morgan fingerprint density at radius 3 is 3.10 bits per heavy atom. The van der Waals surface area contributed by atoms with Gasteiger partial charge in [0, 0.05) is 19.3 Å². The van der Waals surface area contributed by atoms with Gasteiger partial charge in [-0.15, -0.1) is 5.10 Å². The lowest BCUT2D eigenvalue weighted by Crippen LogP contribution is -2.12. The van der Waals surface area contributed by atoms with E-state index in [9.17, 15) is 4.79 Å². The third kappa shape index (κ3) is 2.25. The van der Waals surface area contributed by atoms with Gasteiger partial charge < -0.3 is 15.0 Å². The van der Waals surface area contributed by atoms with Crippen LogP contribution in [0.2, 0.25) is 0 Å². The third-order valence-corrected chi connectivity index (χ3v) is 2.64. The fourth-order valence-corrected chi connectivity index (χ4v) is 1.70. The molecule has 3 rings (SSSR count). The first-order valence-electron chi connectivity index (χ1n) is 5.75. The summed E-state index contributed by atoms with van der Waals surface area (Å²) >= 11 is 0. The van der Waals surface area contributed by atoms with Crippen molar-refractivity contribution >= 4 is 17.4 Å². The molecule has 0 aliphatic carbocycles. The van der Waals surface area contributed by atoms with Crippen LogP contribution in [0.1, 0.15) is 10.5 Å². The number of hydrogen-bond acceptors (Lipinski definition) is 7. The molecule has 0 amide bonds. The van der Waals surface area contributed by atoms with E-state index in [2.05, 4.69) is 30.8 Å². The van der Waals surface area contributed by atoms with E-state index in [1.165, 1.54) is 17.0 Å². The van der Waals surface area contributed by atoms with Crippen molar-refractivity contribution in [1.82, 2.24) is 34.6 Å². The van der Waals surface area contributed by atoms with Crippen LogP contribution in [0.5, 0.6) is 0 Å². The number of fused-ring (bicyclic) bond motifs is 1. The predicted octanol–water partition coefficient (Wildman–Crippen LogP) is -0.474. The molecule has 3 heterocycles. The van der Waals surface area contributed by atoms with Gasteiger partial charge in [-0.2, -0.15) is 4.52 Å². The lowest BCUT2D eigenvalue weighted by molar-refractivity contribution is 0.0691. The molecule has 0 saturated heterocycles. The van der Waals surface area contributed by atoms with Crippen LogP contribution in [0.25, 0.3) is 5.65 Å². The van der Waals surface area contributed by atoms with Gasteiger partial charge in [-0.25, -0.2) is 9.78 Å². The quantitative estimate of drug-likeness (QED) is 0.639. The number of tetrazole rings is 1. The molecule has 20 heavy (non-hydrogen) atoms. The van der Waals surface area contributed by atoms with Gasteiger partial charge >= 0.3 is 5.97 Å². The topological polar surface area (TPSA) is 123 Å². The van der Waals surface area contributed by atoms with Gasteiger partial charge in [-0.1, -0.05) is 0 Å². The second kappa shape index (κ2) is 4.91. The molecule has 0 saturated carbocycles. The summed E-state index contributed by atoms with van der Waals surface area (Å²) in [4.78, 5) is 18.5. The maximum absolute atomic E-state index is 10.7. The number of rotatable bonds is 5. The largest absolute Gasteiger partial charge is 0.476 e. The SMILES string of the molecule is O=C(O)c1cn(CCNc2cncc3nnnn23)cn1. The van der Waals surface area contributed by atoms with Crippen LogP contribution in [0, 0.1) is 0 Å². The Kier molecular flexibility index (Phi) is 2.95. The van der Waals surface area contributed by atoms with Gasteiger partial charge in [0.25, 0.3) is 0 Å². The molecule has 0 atom stereocenters. The molecular weight excluding hydrogens is 264 g/mol. The van der Waals surface area contributed by atoms with E-state index < -0.39 is 5.97 Å². The Balaban J connectivity index is 1.64. The fourth-order valence-electron chi connectivity index (χ4n) is 1.70. The molecule has 0 aliphatic heterocycles. The molecule has 0 aliphatic rings. The molecule has 0 fully saturated rings. The zero-order valence-electron chi connectivity index (χ0n) is 10.2.